The third-order valence-electron chi connectivity index (χ3n) is 5.71. The molecule has 11 nitrogen and oxygen atoms in total. The molecule has 0 radical (unpaired) electrons. The van der Waals surface area contributed by atoms with Crippen molar-refractivity contribution in [3.8, 4) is 18.1 Å². The quantitative estimate of drug-likeness (QED) is 0.429. The molecular weight excluding hydrogens is 545 g/mol. The van der Waals surface area contributed by atoms with E-state index in [2.05, 4.69) is 54.7 Å². The zero-order valence-electron chi connectivity index (χ0n) is 22.1. The van der Waals surface area contributed by atoms with E-state index in [1.165, 1.54) is 28.6 Å². The Hall–Kier alpha value is -3.76. The largest absolute Gasteiger partial charge is 0.481 e. The van der Waals surface area contributed by atoms with Crippen LogP contribution >= 0.6 is 23.1 Å². The van der Waals surface area contributed by atoms with E-state index in [0.29, 0.717) is 28.1 Å². The van der Waals surface area contributed by atoms with Crippen molar-refractivity contribution in [1.82, 2.24) is 23.9 Å². The number of benzene rings is 1. The van der Waals surface area contributed by atoms with E-state index in [0.717, 1.165) is 31.9 Å². The van der Waals surface area contributed by atoms with Gasteiger partial charge in [-0.15, -0.1) is 6.42 Å². The van der Waals surface area contributed by atoms with E-state index in [-0.39, 0.29) is 35.4 Å². The molecule has 0 bridgehead atoms. The van der Waals surface area contributed by atoms with Crippen molar-refractivity contribution in [3.05, 3.63) is 33.9 Å². The summed E-state index contributed by atoms with van der Waals surface area (Å²) in [7, 11) is 0. The molecule has 0 saturated heterocycles. The molecule has 3 aromatic rings. The third kappa shape index (κ3) is 6.63. The SMILES string of the molecule is C#CCN1C(=O)COc2cc(F)c(N=c3snc4n3CC(C)(C)C4)cc21.CCNc1nc(Cl)nc(NCC)n1. The molecule has 14 heteroatoms. The van der Waals surface area contributed by atoms with Crippen molar-refractivity contribution in [3.63, 3.8) is 0 Å². The summed E-state index contributed by atoms with van der Waals surface area (Å²) in [5, 5.41) is 6.12. The Morgan fingerprint density at radius 1 is 1.23 bits per heavy atom. The van der Waals surface area contributed by atoms with Gasteiger partial charge in [-0.2, -0.15) is 19.3 Å². The lowest BCUT2D eigenvalue weighted by atomic mass is 9.92. The molecule has 2 aliphatic rings. The standard InChI is InChI=1S/C18H17FN4O2S.C7H12ClN5/c1-4-5-22-13-7-12(11(19)6-14(13)25-9-16(22)24)20-17-23-10-18(2,3)8-15(23)21-26-17;1-3-9-6-11-5(8)12-7(13-6)10-4-2/h1,6-7H,5,8-10H2,2-3H3;3-4H2,1-2H3,(H2,9,10,11,12,13). The van der Waals surface area contributed by atoms with Crippen LogP contribution in [0.5, 0.6) is 5.75 Å². The molecule has 39 heavy (non-hydrogen) atoms. The molecule has 0 spiro atoms. The number of hydrogen-bond donors (Lipinski definition) is 2. The van der Waals surface area contributed by atoms with E-state index in [1.54, 1.807) is 0 Å². The molecule has 4 heterocycles. The lowest BCUT2D eigenvalue weighted by molar-refractivity contribution is -0.121. The van der Waals surface area contributed by atoms with Gasteiger partial charge in [-0.05, 0) is 36.9 Å². The first kappa shape index (κ1) is 28.3. The first-order valence-electron chi connectivity index (χ1n) is 12.3. The van der Waals surface area contributed by atoms with Gasteiger partial charge in [0.1, 0.15) is 17.3 Å². The van der Waals surface area contributed by atoms with Gasteiger partial charge < -0.3 is 19.9 Å². The molecule has 0 saturated carbocycles. The Kier molecular flexibility index (Phi) is 8.66. The smallest absolute Gasteiger partial charge is 0.265 e. The lowest BCUT2D eigenvalue weighted by Crippen LogP contribution is -2.39. The minimum absolute atomic E-state index is 0.0964. The van der Waals surface area contributed by atoms with Crippen molar-refractivity contribution in [2.24, 2.45) is 10.4 Å². The fourth-order valence-corrected chi connectivity index (χ4v) is 4.99. The number of carbonyl (C=O) groups is 1. The third-order valence-corrected chi connectivity index (χ3v) is 6.66. The second-order valence-corrected chi connectivity index (χ2v) is 10.5. The molecule has 5 rings (SSSR count). The number of amides is 1. The van der Waals surface area contributed by atoms with Crippen LogP contribution in [0.2, 0.25) is 5.28 Å². The Bertz CT molecular complexity index is 1460. The number of hydrogen-bond acceptors (Lipinski definition) is 10. The number of ether oxygens (including phenoxy) is 1. The average Bonchev–Trinajstić information content (AvgIpc) is 3.37. The van der Waals surface area contributed by atoms with Crippen LogP contribution < -0.4 is 25.1 Å². The zero-order chi connectivity index (χ0) is 28.2. The van der Waals surface area contributed by atoms with Crippen LogP contribution in [0.15, 0.2) is 17.1 Å². The highest BCUT2D eigenvalue weighted by atomic mass is 35.5. The molecule has 2 N–H and O–H groups in total. The number of carbonyl (C=O) groups excluding carboxylic acids is 1. The van der Waals surface area contributed by atoms with Gasteiger partial charge in [-0.3, -0.25) is 9.69 Å². The minimum Gasteiger partial charge on any atom is -0.481 e. The Morgan fingerprint density at radius 2 is 1.92 bits per heavy atom. The van der Waals surface area contributed by atoms with Crippen LogP contribution in [0.1, 0.15) is 33.5 Å². The second kappa shape index (κ2) is 12.0. The zero-order valence-corrected chi connectivity index (χ0v) is 23.7. The summed E-state index contributed by atoms with van der Waals surface area (Å²) in [5.41, 5.74) is 0.678. The maximum Gasteiger partial charge on any atom is 0.265 e. The van der Waals surface area contributed by atoms with Gasteiger partial charge in [0.25, 0.3) is 5.91 Å². The highest BCUT2D eigenvalue weighted by Crippen LogP contribution is 2.37. The van der Waals surface area contributed by atoms with E-state index in [4.69, 9.17) is 22.8 Å². The molecule has 1 amide bonds. The molecule has 0 atom stereocenters. The number of fused-ring (bicyclic) bond motifs is 2. The van der Waals surface area contributed by atoms with Crippen LogP contribution in [0.25, 0.3) is 0 Å². The average molecular weight is 574 g/mol. The van der Waals surface area contributed by atoms with Gasteiger partial charge in [-0.1, -0.05) is 19.8 Å². The monoisotopic (exact) mass is 573 g/mol. The number of nitrogens with one attached hydrogen (secondary N) is 2. The number of anilines is 3. The van der Waals surface area contributed by atoms with Crippen LogP contribution in [0, 0.1) is 23.6 Å². The van der Waals surface area contributed by atoms with Crippen molar-refractivity contribution in [2.75, 3.05) is 41.8 Å². The topological polar surface area (TPSA) is 122 Å². The number of terminal acetylenes is 1. The normalized spacial score (nSPS) is 15.5. The Morgan fingerprint density at radius 3 is 2.56 bits per heavy atom. The van der Waals surface area contributed by atoms with E-state index < -0.39 is 5.82 Å². The number of rotatable bonds is 6. The van der Waals surface area contributed by atoms with Gasteiger partial charge in [0.05, 0.1) is 12.2 Å². The number of nitrogens with zero attached hydrogens (tertiary/aromatic N) is 7. The van der Waals surface area contributed by atoms with Gasteiger partial charge in [0.2, 0.25) is 22.0 Å². The molecule has 2 aliphatic heterocycles. The van der Waals surface area contributed by atoms with Crippen LogP contribution in [0.3, 0.4) is 0 Å². The van der Waals surface area contributed by atoms with Crippen LogP contribution in [-0.4, -0.2) is 56.0 Å². The summed E-state index contributed by atoms with van der Waals surface area (Å²) in [5.74, 6) is 3.92. The maximum absolute atomic E-state index is 14.5. The van der Waals surface area contributed by atoms with Crippen molar-refractivity contribution in [1.29, 1.82) is 0 Å². The highest BCUT2D eigenvalue weighted by molar-refractivity contribution is 7.02. The number of aromatic nitrogens is 5. The summed E-state index contributed by atoms with van der Waals surface area (Å²) < 4.78 is 26.3. The molecule has 0 aliphatic carbocycles. The molecule has 2 aromatic heterocycles. The van der Waals surface area contributed by atoms with Crippen LogP contribution in [-0.2, 0) is 17.8 Å². The van der Waals surface area contributed by atoms with Gasteiger partial charge in [0.15, 0.2) is 12.4 Å². The van der Waals surface area contributed by atoms with Gasteiger partial charge >= 0.3 is 0 Å². The van der Waals surface area contributed by atoms with Crippen molar-refractivity contribution in [2.45, 2.75) is 40.7 Å². The second-order valence-electron chi connectivity index (χ2n) is 9.48. The molecule has 0 unspecified atom stereocenters. The maximum atomic E-state index is 14.5. The molecule has 206 valence electrons. The Labute approximate surface area is 234 Å². The summed E-state index contributed by atoms with van der Waals surface area (Å²) in [6.07, 6.45) is 6.22. The number of halogens is 2. The first-order valence-corrected chi connectivity index (χ1v) is 13.5. The highest BCUT2D eigenvalue weighted by Gasteiger charge is 2.31. The summed E-state index contributed by atoms with van der Waals surface area (Å²) in [6.45, 7) is 10.5. The predicted octanol–water partition coefficient (Wildman–Crippen LogP) is 3.65. The van der Waals surface area contributed by atoms with Gasteiger partial charge in [0, 0.05) is 43.7 Å². The van der Waals surface area contributed by atoms with Crippen molar-refractivity contribution >= 4 is 52.3 Å². The summed E-state index contributed by atoms with van der Waals surface area (Å²) >= 11 is 6.92. The summed E-state index contributed by atoms with van der Waals surface area (Å²) in [4.78, 5) is 30.4. The lowest BCUT2D eigenvalue weighted by Gasteiger charge is -2.28. The van der Waals surface area contributed by atoms with E-state index in [9.17, 15) is 9.18 Å². The summed E-state index contributed by atoms with van der Waals surface area (Å²) in [6, 6.07) is 2.76. The Balaban J connectivity index is 0.000000229. The van der Waals surface area contributed by atoms with Crippen molar-refractivity contribution < 1.29 is 13.9 Å². The van der Waals surface area contributed by atoms with E-state index in [1.807, 2.05) is 18.4 Å². The minimum atomic E-state index is -0.515. The molecule has 0 fully saturated rings. The first-order chi connectivity index (χ1) is 18.6. The fraction of sp³-hybridized carbons (Fsp3) is 0.440. The van der Waals surface area contributed by atoms with E-state index >= 15 is 0 Å². The van der Waals surface area contributed by atoms with Crippen LogP contribution in [0.4, 0.5) is 27.7 Å². The van der Waals surface area contributed by atoms with Gasteiger partial charge in [-0.25, -0.2) is 9.38 Å². The predicted molar refractivity (Wildman–Crippen MR) is 149 cm³/mol. The fourth-order valence-electron chi connectivity index (χ4n) is 4.07. The molecular formula is C25H29ClFN9O2S. The molecule has 1 aromatic carbocycles.